The molecule has 4 heteroatoms. The van der Waals surface area contributed by atoms with Crippen molar-refractivity contribution >= 4 is 5.82 Å². The van der Waals surface area contributed by atoms with E-state index in [1.807, 2.05) is 6.20 Å². The molecule has 1 saturated heterocycles. The van der Waals surface area contributed by atoms with Gasteiger partial charge in [-0.3, -0.25) is 4.98 Å². The normalized spacial score (nSPS) is 20.8. The number of anilines is 1. The minimum absolute atomic E-state index is 0.461. The Morgan fingerprint density at radius 3 is 2.94 bits per heavy atom. The highest BCUT2D eigenvalue weighted by atomic mass is 15.2. The van der Waals surface area contributed by atoms with Crippen molar-refractivity contribution in [2.45, 2.75) is 26.8 Å². The molecule has 1 aliphatic rings. The van der Waals surface area contributed by atoms with Crippen molar-refractivity contribution in [1.29, 1.82) is 0 Å². The van der Waals surface area contributed by atoms with Gasteiger partial charge in [-0.1, -0.05) is 13.8 Å². The SMILES string of the molecule is CC(C)C1CCN(c2cncc(CN)n2)C1. The van der Waals surface area contributed by atoms with Crippen LogP contribution in [0.25, 0.3) is 0 Å². The molecule has 2 N–H and O–H groups in total. The van der Waals surface area contributed by atoms with Crippen LogP contribution < -0.4 is 10.6 Å². The van der Waals surface area contributed by atoms with E-state index in [4.69, 9.17) is 5.73 Å². The number of hydrogen-bond acceptors (Lipinski definition) is 4. The molecule has 1 fully saturated rings. The van der Waals surface area contributed by atoms with Gasteiger partial charge in [0, 0.05) is 25.8 Å². The summed E-state index contributed by atoms with van der Waals surface area (Å²) in [5.74, 6) is 2.50. The summed E-state index contributed by atoms with van der Waals surface area (Å²) in [7, 11) is 0. The highest BCUT2D eigenvalue weighted by molar-refractivity contribution is 5.37. The van der Waals surface area contributed by atoms with E-state index >= 15 is 0 Å². The van der Waals surface area contributed by atoms with E-state index < -0.39 is 0 Å². The summed E-state index contributed by atoms with van der Waals surface area (Å²) in [6, 6.07) is 0. The minimum atomic E-state index is 0.461. The van der Waals surface area contributed by atoms with E-state index in [-0.39, 0.29) is 0 Å². The third kappa shape index (κ3) is 2.32. The lowest BCUT2D eigenvalue weighted by Crippen LogP contribution is -2.23. The van der Waals surface area contributed by atoms with Gasteiger partial charge >= 0.3 is 0 Å². The number of hydrogen-bond donors (Lipinski definition) is 1. The van der Waals surface area contributed by atoms with Crippen molar-refractivity contribution in [3.8, 4) is 0 Å². The third-order valence-electron chi connectivity index (χ3n) is 3.37. The summed E-state index contributed by atoms with van der Waals surface area (Å²) in [5.41, 5.74) is 6.44. The topological polar surface area (TPSA) is 55.0 Å². The van der Waals surface area contributed by atoms with Crippen LogP contribution in [0.3, 0.4) is 0 Å². The Labute approximate surface area is 96.9 Å². The summed E-state index contributed by atoms with van der Waals surface area (Å²) < 4.78 is 0. The molecule has 4 nitrogen and oxygen atoms in total. The maximum atomic E-state index is 5.57. The number of nitrogens with zero attached hydrogens (tertiary/aromatic N) is 3. The fourth-order valence-electron chi connectivity index (χ4n) is 2.19. The van der Waals surface area contributed by atoms with Crippen molar-refractivity contribution < 1.29 is 0 Å². The molecule has 0 bridgehead atoms. The fraction of sp³-hybridized carbons (Fsp3) is 0.667. The Hall–Kier alpha value is -1.16. The molecule has 1 aromatic rings. The van der Waals surface area contributed by atoms with Crippen LogP contribution in [0.2, 0.25) is 0 Å². The van der Waals surface area contributed by atoms with Gasteiger partial charge in [-0.25, -0.2) is 4.98 Å². The second-order valence-corrected chi connectivity index (χ2v) is 4.81. The zero-order valence-corrected chi connectivity index (χ0v) is 10.1. The minimum Gasteiger partial charge on any atom is -0.355 e. The van der Waals surface area contributed by atoms with Crippen LogP contribution >= 0.6 is 0 Å². The van der Waals surface area contributed by atoms with Crippen LogP contribution in [0.5, 0.6) is 0 Å². The third-order valence-corrected chi connectivity index (χ3v) is 3.37. The highest BCUT2D eigenvalue weighted by Crippen LogP contribution is 2.26. The fourth-order valence-corrected chi connectivity index (χ4v) is 2.19. The van der Waals surface area contributed by atoms with Gasteiger partial charge in [0.25, 0.3) is 0 Å². The number of rotatable bonds is 3. The van der Waals surface area contributed by atoms with Crippen molar-refractivity contribution in [1.82, 2.24) is 9.97 Å². The van der Waals surface area contributed by atoms with Gasteiger partial charge in [0.2, 0.25) is 0 Å². The van der Waals surface area contributed by atoms with Crippen LogP contribution in [-0.2, 0) is 6.54 Å². The first-order valence-corrected chi connectivity index (χ1v) is 5.96. The van der Waals surface area contributed by atoms with Gasteiger partial charge in [0.15, 0.2) is 0 Å². The van der Waals surface area contributed by atoms with E-state index in [0.717, 1.165) is 36.4 Å². The van der Waals surface area contributed by atoms with E-state index in [0.29, 0.717) is 6.54 Å². The second kappa shape index (κ2) is 4.78. The van der Waals surface area contributed by atoms with E-state index in [1.165, 1.54) is 6.42 Å². The zero-order chi connectivity index (χ0) is 11.5. The summed E-state index contributed by atoms with van der Waals surface area (Å²) in [4.78, 5) is 11.0. The van der Waals surface area contributed by atoms with Gasteiger partial charge in [0.05, 0.1) is 11.9 Å². The predicted octanol–water partition coefficient (Wildman–Crippen LogP) is 1.42. The average Bonchev–Trinajstić information content (AvgIpc) is 2.78. The van der Waals surface area contributed by atoms with Crippen molar-refractivity contribution in [2.24, 2.45) is 17.6 Å². The maximum absolute atomic E-state index is 5.57. The van der Waals surface area contributed by atoms with Crippen LogP contribution in [0.4, 0.5) is 5.82 Å². The summed E-state index contributed by atoms with van der Waals surface area (Å²) >= 11 is 0. The van der Waals surface area contributed by atoms with Gasteiger partial charge in [-0.15, -0.1) is 0 Å². The van der Waals surface area contributed by atoms with Gasteiger partial charge < -0.3 is 10.6 Å². The first kappa shape index (κ1) is 11.3. The average molecular weight is 220 g/mol. The standard InChI is InChI=1S/C12H20N4/c1-9(2)10-3-4-16(8-10)12-7-14-6-11(5-13)15-12/h6-7,9-10H,3-5,8,13H2,1-2H3. The lowest BCUT2D eigenvalue weighted by molar-refractivity contribution is 0.422. The van der Waals surface area contributed by atoms with Crippen molar-refractivity contribution in [2.75, 3.05) is 18.0 Å². The van der Waals surface area contributed by atoms with Crippen LogP contribution in [0.15, 0.2) is 12.4 Å². The highest BCUT2D eigenvalue weighted by Gasteiger charge is 2.25. The molecule has 0 spiro atoms. The zero-order valence-electron chi connectivity index (χ0n) is 10.1. The second-order valence-electron chi connectivity index (χ2n) is 4.81. The van der Waals surface area contributed by atoms with Crippen LogP contribution in [-0.4, -0.2) is 23.1 Å². The molecule has 0 amide bonds. The summed E-state index contributed by atoms with van der Waals surface area (Å²) in [6.07, 6.45) is 4.83. The molecule has 2 heterocycles. The molecular formula is C12H20N4. The van der Waals surface area contributed by atoms with E-state index in [9.17, 15) is 0 Å². The molecule has 1 atom stereocenters. The van der Waals surface area contributed by atoms with Crippen molar-refractivity contribution in [3.63, 3.8) is 0 Å². The number of nitrogens with two attached hydrogens (primary N) is 1. The number of aromatic nitrogens is 2. The summed E-state index contributed by atoms with van der Waals surface area (Å²) in [6.45, 7) is 7.22. The lowest BCUT2D eigenvalue weighted by Gasteiger charge is -2.18. The van der Waals surface area contributed by atoms with Gasteiger partial charge in [-0.2, -0.15) is 0 Å². The Kier molecular flexibility index (Phi) is 3.39. The summed E-state index contributed by atoms with van der Waals surface area (Å²) in [5, 5.41) is 0. The van der Waals surface area contributed by atoms with Crippen LogP contribution in [0, 0.1) is 11.8 Å². The molecule has 2 rings (SSSR count). The van der Waals surface area contributed by atoms with Crippen molar-refractivity contribution in [3.05, 3.63) is 18.1 Å². The molecule has 0 aliphatic carbocycles. The molecule has 1 aliphatic heterocycles. The molecule has 0 saturated carbocycles. The Balaban J connectivity index is 2.08. The lowest BCUT2D eigenvalue weighted by atomic mass is 9.95. The maximum Gasteiger partial charge on any atom is 0.147 e. The first-order valence-electron chi connectivity index (χ1n) is 5.96. The van der Waals surface area contributed by atoms with Gasteiger partial charge in [-0.05, 0) is 18.3 Å². The van der Waals surface area contributed by atoms with Crippen LogP contribution in [0.1, 0.15) is 26.0 Å². The molecule has 1 aromatic heterocycles. The van der Waals surface area contributed by atoms with E-state index in [1.54, 1.807) is 6.20 Å². The molecule has 0 aromatic carbocycles. The van der Waals surface area contributed by atoms with E-state index in [2.05, 4.69) is 28.7 Å². The molecule has 16 heavy (non-hydrogen) atoms. The molecule has 88 valence electrons. The van der Waals surface area contributed by atoms with Gasteiger partial charge in [0.1, 0.15) is 5.82 Å². The predicted molar refractivity (Wildman–Crippen MR) is 65.1 cm³/mol. The largest absolute Gasteiger partial charge is 0.355 e. The smallest absolute Gasteiger partial charge is 0.147 e. The Morgan fingerprint density at radius 1 is 1.50 bits per heavy atom. The monoisotopic (exact) mass is 220 g/mol. The molecular weight excluding hydrogens is 200 g/mol. The quantitative estimate of drug-likeness (QED) is 0.837. The first-order chi connectivity index (χ1) is 7.70. The Morgan fingerprint density at radius 2 is 2.31 bits per heavy atom. The molecule has 0 radical (unpaired) electrons. The Bertz CT molecular complexity index is 351. The molecule has 1 unspecified atom stereocenters.